The summed E-state index contributed by atoms with van der Waals surface area (Å²) in [5.41, 5.74) is 2.80. The molecule has 0 spiro atoms. The van der Waals surface area contributed by atoms with E-state index < -0.39 is 0 Å². The molecule has 4 nitrogen and oxygen atoms in total. The molecule has 0 aliphatic carbocycles. The summed E-state index contributed by atoms with van der Waals surface area (Å²) in [7, 11) is 1.84. The Morgan fingerprint density at radius 2 is 1.75 bits per heavy atom. The summed E-state index contributed by atoms with van der Waals surface area (Å²) >= 11 is 0. The van der Waals surface area contributed by atoms with Crippen LogP contribution in [0.15, 0.2) is 54.9 Å². The summed E-state index contributed by atoms with van der Waals surface area (Å²) in [5, 5.41) is 3.80. The van der Waals surface area contributed by atoms with Crippen LogP contribution < -0.4 is 5.32 Å². The highest BCUT2D eigenvalue weighted by atomic mass is 16.1. The third-order valence-electron chi connectivity index (χ3n) is 3.19. The molecule has 0 saturated carbocycles. The Morgan fingerprint density at radius 3 is 2.50 bits per heavy atom. The summed E-state index contributed by atoms with van der Waals surface area (Å²) in [6, 6.07) is 14.9. The van der Waals surface area contributed by atoms with Gasteiger partial charge in [-0.15, -0.1) is 0 Å². The summed E-state index contributed by atoms with van der Waals surface area (Å²) in [6.45, 7) is 0. The number of nitrogens with one attached hydrogen (secondary N) is 1. The van der Waals surface area contributed by atoms with E-state index in [9.17, 15) is 4.79 Å². The molecular formula is C16H13N3O. The maximum Gasteiger partial charge on any atom is 0.212 e. The molecule has 0 aliphatic rings. The molecule has 98 valence electrons. The van der Waals surface area contributed by atoms with Crippen LogP contribution in [-0.2, 0) is 0 Å². The first kappa shape index (κ1) is 12.3. The Morgan fingerprint density at radius 1 is 1.00 bits per heavy atom. The van der Waals surface area contributed by atoms with Crippen molar-refractivity contribution in [1.29, 1.82) is 0 Å². The Bertz CT molecular complexity index is 761. The first-order valence-electron chi connectivity index (χ1n) is 6.32. The van der Waals surface area contributed by atoms with Gasteiger partial charge in [0.15, 0.2) is 0 Å². The van der Waals surface area contributed by atoms with Crippen LogP contribution in [0.25, 0.3) is 10.9 Å². The molecule has 0 amide bonds. The molecule has 1 N–H and O–H groups in total. The lowest BCUT2D eigenvalue weighted by atomic mass is 10.0. The van der Waals surface area contributed by atoms with E-state index in [1.807, 2.05) is 43.4 Å². The standard InChI is InChI=1S/C16H13N3O/c1-17-12-8-6-11(7-9-12)16(20)15-13-4-2-3-5-14(13)18-10-19-15/h2-10,17H,1H3. The average Bonchev–Trinajstić information content (AvgIpc) is 2.54. The van der Waals surface area contributed by atoms with Gasteiger partial charge in [0.2, 0.25) is 5.78 Å². The smallest absolute Gasteiger partial charge is 0.212 e. The summed E-state index contributed by atoms with van der Waals surface area (Å²) in [4.78, 5) is 20.9. The lowest BCUT2D eigenvalue weighted by Crippen LogP contribution is -2.05. The summed E-state index contributed by atoms with van der Waals surface area (Å²) < 4.78 is 0. The number of hydrogen-bond donors (Lipinski definition) is 1. The Labute approximate surface area is 116 Å². The van der Waals surface area contributed by atoms with Crippen LogP contribution in [0.1, 0.15) is 16.1 Å². The highest BCUT2D eigenvalue weighted by Crippen LogP contribution is 2.18. The van der Waals surface area contributed by atoms with Crippen LogP contribution in [0.4, 0.5) is 5.69 Å². The second kappa shape index (κ2) is 5.09. The number of rotatable bonds is 3. The van der Waals surface area contributed by atoms with Crippen molar-refractivity contribution in [3.05, 3.63) is 66.1 Å². The normalized spacial score (nSPS) is 10.4. The van der Waals surface area contributed by atoms with E-state index in [0.717, 1.165) is 16.6 Å². The van der Waals surface area contributed by atoms with Crippen molar-refractivity contribution < 1.29 is 4.79 Å². The van der Waals surface area contributed by atoms with Gasteiger partial charge in [-0.05, 0) is 30.3 Å². The van der Waals surface area contributed by atoms with Gasteiger partial charge in [-0.25, -0.2) is 9.97 Å². The molecule has 0 bridgehead atoms. The van der Waals surface area contributed by atoms with Gasteiger partial charge in [0.05, 0.1) is 5.52 Å². The molecule has 0 unspecified atom stereocenters. The van der Waals surface area contributed by atoms with E-state index >= 15 is 0 Å². The maximum atomic E-state index is 12.5. The molecule has 4 heteroatoms. The Kier molecular flexibility index (Phi) is 3.13. The number of carbonyl (C=O) groups is 1. The molecule has 1 heterocycles. The third-order valence-corrected chi connectivity index (χ3v) is 3.19. The van der Waals surface area contributed by atoms with Crippen LogP contribution in [0, 0.1) is 0 Å². The predicted molar refractivity (Wildman–Crippen MR) is 79.0 cm³/mol. The highest BCUT2D eigenvalue weighted by Gasteiger charge is 2.14. The Balaban J connectivity index is 2.07. The number of fused-ring (bicyclic) bond motifs is 1. The van der Waals surface area contributed by atoms with E-state index in [-0.39, 0.29) is 5.78 Å². The number of para-hydroxylation sites is 1. The predicted octanol–water partition coefficient (Wildman–Crippen LogP) is 2.90. The maximum absolute atomic E-state index is 12.5. The van der Waals surface area contributed by atoms with Crippen LogP contribution in [-0.4, -0.2) is 22.8 Å². The molecule has 0 aliphatic heterocycles. The van der Waals surface area contributed by atoms with Crippen molar-refractivity contribution in [3.63, 3.8) is 0 Å². The minimum atomic E-state index is -0.0914. The van der Waals surface area contributed by atoms with Crippen LogP contribution in [0.3, 0.4) is 0 Å². The number of hydrogen-bond acceptors (Lipinski definition) is 4. The molecule has 0 radical (unpaired) electrons. The minimum absolute atomic E-state index is 0.0914. The average molecular weight is 263 g/mol. The second-order valence-electron chi connectivity index (χ2n) is 4.40. The molecule has 0 atom stereocenters. The monoisotopic (exact) mass is 263 g/mol. The van der Waals surface area contributed by atoms with Gasteiger partial charge in [0.25, 0.3) is 0 Å². The lowest BCUT2D eigenvalue weighted by Gasteiger charge is -2.05. The van der Waals surface area contributed by atoms with Crippen molar-refractivity contribution in [2.45, 2.75) is 0 Å². The van der Waals surface area contributed by atoms with Crippen LogP contribution in [0.2, 0.25) is 0 Å². The zero-order valence-electron chi connectivity index (χ0n) is 11.0. The zero-order chi connectivity index (χ0) is 13.9. The van der Waals surface area contributed by atoms with Crippen molar-refractivity contribution in [3.8, 4) is 0 Å². The number of aromatic nitrogens is 2. The number of anilines is 1. The van der Waals surface area contributed by atoms with Gasteiger partial charge in [-0.2, -0.15) is 0 Å². The zero-order valence-corrected chi connectivity index (χ0v) is 11.0. The summed E-state index contributed by atoms with van der Waals surface area (Å²) in [6.07, 6.45) is 1.43. The molecule has 20 heavy (non-hydrogen) atoms. The van der Waals surface area contributed by atoms with E-state index in [1.165, 1.54) is 6.33 Å². The molecular weight excluding hydrogens is 250 g/mol. The quantitative estimate of drug-likeness (QED) is 0.738. The number of nitrogens with zero attached hydrogens (tertiary/aromatic N) is 2. The first-order chi connectivity index (χ1) is 9.79. The Hall–Kier alpha value is -2.75. The van der Waals surface area contributed by atoms with E-state index in [2.05, 4.69) is 15.3 Å². The van der Waals surface area contributed by atoms with Crippen LogP contribution in [0.5, 0.6) is 0 Å². The highest BCUT2D eigenvalue weighted by molar-refractivity contribution is 6.14. The lowest BCUT2D eigenvalue weighted by molar-refractivity contribution is 0.103. The van der Waals surface area contributed by atoms with Crippen molar-refractivity contribution >= 4 is 22.4 Å². The fourth-order valence-electron chi connectivity index (χ4n) is 2.11. The van der Waals surface area contributed by atoms with E-state index in [1.54, 1.807) is 12.1 Å². The fraction of sp³-hybridized carbons (Fsp3) is 0.0625. The van der Waals surface area contributed by atoms with Crippen molar-refractivity contribution in [1.82, 2.24) is 9.97 Å². The molecule has 0 fully saturated rings. The molecule has 3 aromatic rings. The van der Waals surface area contributed by atoms with Gasteiger partial charge in [-0.3, -0.25) is 4.79 Å². The molecule has 1 aromatic heterocycles. The van der Waals surface area contributed by atoms with Gasteiger partial charge >= 0.3 is 0 Å². The second-order valence-corrected chi connectivity index (χ2v) is 4.40. The number of benzene rings is 2. The van der Waals surface area contributed by atoms with Gasteiger partial charge in [0.1, 0.15) is 12.0 Å². The van der Waals surface area contributed by atoms with Crippen molar-refractivity contribution in [2.75, 3.05) is 12.4 Å². The fourth-order valence-corrected chi connectivity index (χ4v) is 2.11. The largest absolute Gasteiger partial charge is 0.388 e. The first-order valence-corrected chi connectivity index (χ1v) is 6.32. The molecule has 3 rings (SSSR count). The van der Waals surface area contributed by atoms with Crippen molar-refractivity contribution in [2.24, 2.45) is 0 Å². The van der Waals surface area contributed by atoms with Crippen LogP contribution >= 0.6 is 0 Å². The number of carbonyl (C=O) groups excluding carboxylic acids is 1. The summed E-state index contributed by atoms with van der Waals surface area (Å²) in [5.74, 6) is -0.0914. The minimum Gasteiger partial charge on any atom is -0.388 e. The van der Waals surface area contributed by atoms with Gasteiger partial charge < -0.3 is 5.32 Å². The molecule has 0 saturated heterocycles. The van der Waals surface area contributed by atoms with Gasteiger partial charge in [-0.1, -0.05) is 18.2 Å². The topological polar surface area (TPSA) is 54.9 Å². The van der Waals surface area contributed by atoms with E-state index in [0.29, 0.717) is 11.3 Å². The number of ketones is 1. The SMILES string of the molecule is CNc1ccc(C(=O)c2ncnc3ccccc23)cc1. The van der Waals surface area contributed by atoms with E-state index in [4.69, 9.17) is 0 Å². The third kappa shape index (κ3) is 2.12. The van der Waals surface area contributed by atoms with Gasteiger partial charge in [0, 0.05) is 23.7 Å². The molecule has 2 aromatic carbocycles.